The maximum absolute atomic E-state index is 13.6. The summed E-state index contributed by atoms with van der Waals surface area (Å²) in [6, 6.07) is 30.4. The van der Waals surface area contributed by atoms with Gasteiger partial charge in [-0.1, -0.05) is 91.0 Å². The van der Waals surface area contributed by atoms with Gasteiger partial charge in [-0.15, -0.1) is 0 Å². The summed E-state index contributed by atoms with van der Waals surface area (Å²) in [6.07, 6.45) is -0.0304. The van der Waals surface area contributed by atoms with E-state index < -0.39 is 13.0 Å². The number of fused-ring (bicyclic) bond motifs is 1. The van der Waals surface area contributed by atoms with E-state index in [2.05, 4.69) is 41.9 Å². The summed E-state index contributed by atoms with van der Waals surface area (Å²) in [7, 11) is -2.07. The number of nitrogens with one attached hydrogen (secondary N) is 1. The fraction of sp³-hybridized carbons (Fsp3) is 0.361. The Kier molecular flexibility index (Phi) is 11.8. The molecule has 3 aromatic carbocycles. The lowest BCUT2D eigenvalue weighted by atomic mass is 9.68. The molecule has 2 N–H and O–H groups in total. The number of aromatic nitrogens is 4. The molecule has 0 saturated heterocycles. The number of anilines is 1. The average Bonchev–Trinajstić information content (AvgIpc) is 3.42. The van der Waals surface area contributed by atoms with E-state index in [-0.39, 0.29) is 31.9 Å². The van der Waals surface area contributed by atoms with E-state index in [1.165, 1.54) is 7.11 Å². The quantitative estimate of drug-likeness (QED) is 0.0600. The van der Waals surface area contributed by atoms with Crippen LogP contribution in [0.25, 0.3) is 11.2 Å². The van der Waals surface area contributed by atoms with Crippen LogP contribution in [0.5, 0.6) is 0 Å². The smallest absolute Gasteiger partial charge is 0.356 e. The summed E-state index contributed by atoms with van der Waals surface area (Å²) in [5, 5.41) is 9.71. The second-order valence-corrected chi connectivity index (χ2v) is 13.8. The van der Waals surface area contributed by atoms with Crippen molar-refractivity contribution in [2.24, 2.45) is 0 Å². The Morgan fingerprint density at radius 3 is 1.79 bits per heavy atom. The first-order chi connectivity index (χ1) is 23.2. The molecular weight excluding hydrogens is 629 g/mol. The van der Waals surface area contributed by atoms with Gasteiger partial charge in [0.05, 0.1) is 19.3 Å². The van der Waals surface area contributed by atoms with Crippen LogP contribution in [0.4, 0.5) is 5.82 Å². The molecule has 0 aliphatic carbocycles. The molecule has 0 spiro atoms. The third kappa shape index (κ3) is 7.68. The van der Waals surface area contributed by atoms with Crippen LogP contribution in [0, 0.1) is 0 Å². The number of hydrogen-bond acceptors (Lipinski definition) is 10. The van der Waals surface area contributed by atoms with Crippen molar-refractivity contribution in [3.8, 4) is 0 Å². The molecule has 0 amide bonds. The van der Waals surface area contributed by atoms with Crippen LogP contribution in [0.15, 0.2) is 91.0 Å². The zero-order valence-corrected chi connectivity index (χ0v) is 29.0. The Morgan fingerprint density at radius 1 is 0.812 bits per heavy atom. The molecule has 254 valence electrons. The summed E-state index contributed by atoms with van der Waals surface area (Å²) < 4.78 is 32.9. The number of aryl methyl sites for hydroxylation is 1. The van der Waals surface area contributed by atoms with Gasteiger partial charge in [-0.3, -0.25) is 14.0 Å². The average molecular weight is 674 g/mol. The lowest BCUT2D eigenvalue weighted by molar-refractivity contribution is 0.0703. The minimum Gasteiger partial charge on any atom is -0.396 e. The molecule has 0 atom stereocenters. The highest BCUT2D eigenvalue weighted by Gasteiger charge is 2.42. The molecule has 2 aromatic heterocycles. The molecule has 0 bridgehead atoms. The Bertz CT molecular complexity index is 1690. The van der Waals surface area contributed by atoms with Crippen molar-refractivity contribution in [2.75, 3.05) is 25.5 Å². The SMILES string of the molecule is CONc1nc(C(c2ccccc2)(c2ccccc2)c2ccccc2)nc2c1nc(CCCO)n2COCP(=O)(OC(C)C)OC(C)C. The van der Waals surface area contributed by atoms with E-state index in [1.807, 2.05) is 59.2 Å². The minimum absolute atomic E-state index is 0.0248. The highest BCUT2D eigenvalue weighted by molar-refractivity contribution is 7.53. The van der Waals surface area contributed by atoms with Gasteiger partial charge in [0.1, 0.15) is 18.0 Å². The van der Waals surface area contributed by atoms with Crippen molar-refractivity contribution in [3.63, 3.8) is 0 Å². The topological polar surface area (TPSA) is 130 Å². The van der Waals surface area contributed by atoms with Gasteiger partial charge in [0.25, 0.3) is 0 Å². The first kappa shape index (κ1) is 35.3. The Hall–Kier alpha value is -3.96. The molecule has 5 aromatic rings. The fourth-order valence-corrected chi connectivity index (χ4v) is 7.63. The minimum atomic E-state index is -3.58. The maximum atomic E-state index is 13.6. The number of nitrogens with zero attached hydrogens (tertiary/aromatic N) is 4. The molecule has 12 heteroatoms. The van der Waals surface area contributed by atoms with Gasteiger partial charge in [0.15, 0.2) is 29.2 Å². The van der Waals surface area contributed by atoms with E-state index in [0.717, 1.165) is 16.7 Å². The third-order valence-electron chi connectivity index (χ3n) is 7.60. The van der Waals surface area contributed by atoms with Crippen LogP contribution in [0.3, 0.4) is 0 Å². The number of aliphatic hydroxyl groups is 1. The van der Waals surface area contributed by atoms with Gasteiger partial charge >= 0.3 is 7.60 Å². The molecule has 2 heterocycles. The standard InChI is InChI=1S/C36H44N5O6P/c1-26(2)46-48(43,47-27(3)4)25-45-24-41-31(22-15-23-42)37-32-33(40-44-5)38-35(39-34(32)41)36(28-16-9-6-10-17-28,29-18-11-7-12-19-29)30-20-13-8-14-21-30/h6-14,16-21,26-27,42H,15,22-25H2,1-5H3,(H,38,39,40). The fourth-order valence-electron chi connectivity index (χ4n) is 5.87. The lowest BCUT2D eigenvalue weighted by Crippen LogP contribution is -2.33. The van der Waals surface area contributed by atoms with Crippen molar-refractivity contribution in [1.82, 2.24) is 19.5 Å². The molecule has 0 aliphatic rings. The van der Waals surface area contributed by atoms with E-state index >= 15 is 0 Å². The molecule has 11 nitrogen and oxygen atoms in total. The normalized spacial score (nSPS) is 12.3. The van der Waals surface area contributed by atoms with E-state index in [0.29, 0.717) is 41.5 Å². The van der Waals surface area contributed by atoms with Gasteiger partial charge < -0.3 is 18.9 Å². The van der Waals surface area contributed by atoms with Crippen molar-refractivity contribution >= 4 is 24.6 Å². The van der Waals surface area contributed by atoms with Crippen LogP contribution in [-0.2, 0) is 41.8 Å². The summed E-state index contributed by atoms with van der Waals surface area (Å²) in [6.45, 7) is 7.12. The van der Waals surface area contributed by atoms with Crippen molar-refractivity contribution in [1.29, 1.82) is 0 Å². The predicted molar refractivity (Wildman–Crippen MR) is 186 cm³/mol. The monoisotopic (exact) mass is 673 g/mol. The lowest BCUT2D eigenvalue weighted by Gasteiger charge is -2.34. The molecule has 48 heavy (non-hydrogen) atoms. The zero-order chi connectivity index (χ0) is 34.1. The number of ether oxygens (including phenoxy) is 1. The summed E-state index contributed by atoms with van der Waals surface area (Å²) in [5.41, 5.74) is 5.81. The number of hydrogen-bond donors (Lipinski definition) is 2. The largest absolute Gasteiger partial charge is 0.396 e. The second kappa shape index (κ2) is 16.0. The van der Waals surface area contributed by atoms with Crippen LogP contribution in [0.2, 0.25) is 0 Å². The second-order valence-electron chi connectivity index (χ2n) is 11.9. The van der Waals surface area contributed by atoms with Crippen LogP contribution < -0.4 is 5.48 Å². The van der Waals surface area contributed by atoms with Crippen LogP contribution in [-0.4, -0.2) is 56.9 Å². The maximum Gasteiger partial charge on any atom is 0.356 e. The Balaban J connectivity index is 1.74. The first-order valence-corrected chi connectivity index (χ1v) is 17.8. The number of aliphatic hydroxyl groups excluding tert-OH is 1. The number of rotatable bonds is 17. The first-order valence-electron chi connectivity index (χ1n) is 16.1. The van der Waals surface area contributed by atoms with Gasteiger partial charge in [-0.2, -0.15) is 0 Å². The summed E-state index contributed by atoms with van der Waals surface area (Å²) in [4.78, 5) is 20.7. The molecule has 0 aliphatic heterocycles. The third-order valence-corrected chi connectivity index (χ3v) is 9.58. The number of benzene rings is 3. The van der Waals surface area contributed by atoms with Crippen LogP contribution >= 0.6 is 7.60 Å². The highest BCUT2D eigenvalue weighted by Crippen LogP contribution is 2.50. The predicted octanol–water partition coefficient (Wildman–Crippen LogP) is 7.08. The van der Waals surface area contributed by atoms with Gasteiger partial charge in [-0.05, 0) is 50.8 Å². The molecule has 0 fully saturated rings. The van der Waals surface area contributed by atoms with E-state index in [1.54, 1.807) is 27.7 Å². The van der Waals surface area contributed by atoms with Crippen LogP contribution in [0.1, 0.15) is 62.5 Å². The van der Waals surface area contributed by atoms with Crippen molar-refractivity contribution < 1.29 is 28.3 Å². The van der Waals surface area contributed by atoms with Crippen molar-refractivity contribution in [3.05, 3.63) is 119 Å². The molecule has 0 saturated carbocycles. The van der Waals surface area contributed by atoms with Gasteiger partial charge in [0, 0.05) is 13.0 Å². The molecular formula is C36H44N5O6P. The zero-order valence-electron chi connectivity index (χ0n) is 28.1. The molecule has 0 unspecified atom stereocenters. The Morgan fingerprint density at radius 2 is 1.33 bits per heavy atom. The number of imidazole rings is 1. The summed E-state index contributed by atoms with van der Waals surface area (Å²) in [5.74, 6) is 1.45. The summed E-state index contributed by atoms with van der Waals surface area (Å²) >= 11 is 0. The Labute approximate surface area is 281 Å². The van der Waals surface area contributed by atoms with Gasteiger partial charge in [0.2, 0.25) is 0 Å². The molecule has 5 rings (SSSR count). The van der Waals surface area contributed by atoms with E-state index in [9.17, 15) is 9.67 Å². The van der Waals surface area contributed by atoms with E-state index in [4.69, 9.17) is 33.6 Å². The van der Waals surface area contributed by atoms with Crippen molar-refractivity contribution in [2.45, 2.75) is 64.9 Å². The highest BCUT2D eigenvalue weighted by atomic mass is 31.2. The molecule has 0 radical (unpaired) electrons. The van der Waals surface area contributed by atoms with Gasteiger partial charge in [-0.25, -0.2) is 20.4 Å².